The summed E-state index contributed by atoms with van der Waals surface area (Å²) in [6, 6.07) is 0. The van der Waals surface area contributed by atoms with Crippen LogP contribution in [-0.4, -0.2) is 44.3 Å². The summed E-state index contributed by atoms with van der Waals surface area (Å²) in [4.78, 5) is 2.24. The van der Waals surface area contributed by atoms with E-state index in [4.69, 9.17) is 4.18 Å². The second kappa shape index (κ2) is 3.79. The Hall–Kier alpha value is -0.130. The van der Waals surface area contributed by atoms with Crippen LogP contribution in [0.15, 0.2) is 0 Å². The molecule has 0 aromatic heterocycles. The van der Waals surface area contributed by atoms with Crippen LogP contribution in [0.3, 0.4) is 0 Å². The van der Waals surface area contributed by atoms with E-state index in [-0.39, 0.29) is 11.6 Å². The molecular formula is C9H19NO3S. The average molecular weight is 221 g/mol. The number of hydrogen-bond acceptors (Lipinski definition) is 4. The molecule has 0 aromatic carbocycles. The molecule has 0 amide bonds. The Balaban J connectivity index is 2.50. The fourth-order valence-corrected chi connectivity index (χ4v) is 2.31. The van der Waals surface area contributed by atoms with Crippen LogP contribution in [0.25, 0.3) is 0 Å². The first-order valence-electron chi connectivity index (χ1n) is 4.82. The zero-order valence-electron chi connectivity index (χ0n) is 9.28. The molecular weight excluding hydrogens is 202 g/mol. The molecule has 1 aliphatic rings. The Kier molecular flexibility index (Phi) is 3.23. The number of hydrogen-bond donors (Lipinski definition) is 0. The van der Waals surface area contributed by atoms with Crippen LogP contribution in [0.5, 0.6) is 0 Å². The molecule has 14 heavy (non-hydrogen) atoms. The summed E-state index contributed by atoms with van der Waals surface area (Å²) in [7, 11) is -3.30. The minimum atomic E-state index is -3.30. The van der Waals surface area contributed by atoms with E-state index in [1.54, 1.807) is 0 Å². The van der Waals surface area contributed by atoms with Crippen molar-refractivity contribution in [3.63, 3.8) is 0 Å². The lowest BCUT2D eigenvalue weighted by molar-refractivity contribution is 0.144. The molecule has 0 aliphatic carbocycles. The van der Waals surface area contributed by atoms with Crippen molar-refractivity contribution in [2.45, 2.75) is 38.8 Å². The monoisotopic (exact) mass is 221 g/mol. The minimum Gasteiger partial charge on any atom is -0.296 e. The lowest BCUT2D eigenvalue weighted by Gasteiger charge is -2.31. The molecule has 0 saturated carbocycles. The Labute approximate surface area is 86.4 Å². The maximum atomic E-state index is 10.9. The van der Waals surface area contributed by atoms with Crippen molar-refractivity contribution >= 4 is 10.1 Å². The molecule has 0 aromatic rings. The molecule has 1 aliphatic heterocycles. The molecule has 1 heterocycles. The summed E-state index contributed by atoms with van der Waals surface area (Å²) in [6.45, 7) is 7.97. The van der Waals surface area contributed by atoms with Gasteiger partial charge in [-0.15, -0.1) is 0 Å². The summed E-state index contributed by atoms with van der Waals surface area (Å²) < 4.78 is 26.8. The topological polar surface area (TPSA) is 46.6 Å². The van der Waals surface area contributed by atoms with Crippen LogP contribution in [0, 0.1) is 0 Å². The van der Waals surface area contributed by atoms with Crippen LogP contribution in [-0.2, 0) is 14.3 Å². The number of rotatable bonds is 2. The van der Waals surface area contributed by atoms with Gasteiger partial charge >= 0.3 is 0 Å². The average Bonchev–Trinajstić information content (AvgIpc) is 2.29. The second-order valence-corrected chi connectivity index (χ2v) is 6.43. The van der Waals surface area contributed by atoms with E-state index in [1.165, 1.54) is 0 Å². The van der Waals surface area contributed by atoms with Crippen molar-refractivity contribution in [2.24, 2.45) is 0 Å². The van der Waals surface area contributed by atoms with Gasteiger partial charge in [-0.1, -0.05) is 0 Å². The fourth-order valence-electron chi connectivity index (χ4n) is 1.66. The molecule has 0 bridgehead atoms. The molecule has 1 atom stereocenters. The van der Waals surface area contributed by atoms with Gasteiger partial charge in [-0.05, 0) is 27.2 Å². The Morgan fingerprint density at radius 3 is 2.29 bits per heavy atom. The molecule has 0 spiro atoms. The van der Waals surface area contributed by atoms with Gasteiger partial charge in [0.05, 0.1) is 12.4 Å². The maximum Gasteiger partial charge on any atom is 0.264 e. The van der Waals surface area contributed by atoms with Crippen molar-refractivity contribution in [1.82, 2.24) is 4.90 Å². The van der Waals surface area contributed by atoms with Crippen molar-refractivity contribution in [3.8, 4) is 0 Å². The SMILES string of the molecule is CC(C)(C)N1CC[C@@H](OS(C)(=O)=O)C1. The zero-order chi connectivity index (χ0) is 11.0. The normalized spacial score (nSPS) is 25.6. The van der Waals surface area contributed by atoms with Crippen LogP contribution in [0.1, 0.15) is 27.2 Å². The smallest absolute Gasteiger partial charge is 0.264 e. The largest absolute Gasteiger partial charge is 0.296 e. The van der Waals surface area contributed by atoms with Gasteiger partial charge in [-0.2, -0.15) is 8.42 Å². The minimum absolute atomic E-state index is 0.0929. The molecule has 0 radical (unpaired) electrons. The van der Waals surface area contributed by atoms with Gasteiger partial charge in [0.1, 0.15) is 0 Å². The lowest BCUT2D eigenvalue weighted by Crippen LogP contribution is -2.40. The predicted octanol–water partition coefficient (Wildman–Crippen LogP) is 0.835. The summed E-state index contributed by atoms with van der Waals surface area (Å²) in [5, 5.41) is 0. The van der Waals surface area contributed by atoms with E-state index < -0.39 is 10.1 Å². The van der Waals surface area contributed by atoms with Gasteiger partial charge in [0, 0.05) is 18.6 Å². The first-order valence-corrected chi connectivity index (χ1v) is 6.63. The predicted molar refractivity (Wildman–Crippen MR) is 55.7 cm³/mol. The van der Waals surface area contributed by atoms with Crippen LogP contribution >= 0.6 is 0 Å². The van der Waals surface area contributed by atoms with Gasteiger partial charge < -0.3 is 0 Å². The van der Waals surface area contributed by atoms with Crippen LogP contribution in [0.2, 0.25) is 0 Å². The number of nitrogens with zero attached hydrogens (tertiary/aromatic N) is 1. The van der Waals surface area contributed by atoms with Crippen molar-refractivity contribution in [2.75, 3.05) is 19.3 Å². The molecule has 84 valence electrons. The van der Waals surface area contributed by atoms with E-state index in [2.05, 4.69) is 25.7 Å². The Morgan fingerprint density at radius 2 is 1.93 bits per heavy atom. The highest BCUT2D eigenvalue weighted by Crippen LogP contribution is 2.22. The standard InChI is InChI=1S/C9H19NO3S/c1-9(2,3)10-6-5-8(7-10)13-14(4,11)12/h8H,5-7H2,1-4H3/t8-/m1/s1. The van der Waals surface area contributed by atoms with Gasteiger partial charge in [-0.25, -0.2) is 0 Å². The van der Waals surface area contributed by atoms with Crippen molar-refractivity contribution in [3.05, 3.63) is 0 Å². The Bertz CT molecular complexity index is 292. The van der Waals surface area contributed by atoms with E-state index in [0.29, 0.717) is 6.54 Å². The van der Waals surface area contributed by atoms with E-state index in [9.17, 15) is 8.42 Å². The highest BCUT2D eigenvalue weighted by Gasteiger charge is 2.32. The fraction of sp³-hybridized carbons (Fsp3) is 1.00. The summed E-state index contributed by atoms with van der Waals surface area (Å²) in [6.07, 6.45) is 1.74. The molecule has 1 rings (SSSR count). The summed E-state index contributed by atoms with van der Waals surface area (Å²) in [5.41, 5.74) is 0.0929. The van der Waals surface area contributed by atoms with Crippen LogP contribution < -0.4 is 0 Å². The summed E-state index contributed by atoms with van der Waals surface area (Å²) in [5.74, 6) is 0. The number of likely N-dealkylation sites (tertiary alicyclic amines) is 1. The Morgan fingerprint density at radius 1 is 1.36 bits per heavy atom. The van der Waals surface area contributed by atoms with Crippen LogP contribution in [0.4, 0.5) is 0 Å². The van der Waals surface area contributed by atoms with E-state index in [0.717, 1.165) is 19.2 Å². The molecule has 4 nitrogen and oxygen atoms in total. The highest BCUT2D eigenvalue weighted by atomic mass is 32.2. The third-order valence-corrected chi connectivity index (χ3v) is 3.03. The first kappa shape index (κ1) is 11.9. The van der Waals surface area contributed by atoms with Crippen molar-refractivity contribution in [1.29, 1.82) is 0 Å². The zero-order valence-corrected chi connectivity index (χ0v) is 10.1. The van der Waals surface area contributed by atoms with E-state index >= 15 is 0 Å². The molecule has 1 saturated heterocycles. The van der Waals surface area contributed by atoms with Gasteiger partial charge in [0.25, 0.3) is 10.1 Å². The summed E-state index contributed by atoms with van der Waals surface area (Å²) >= 11 is 0. The molecule has 1 fully saturated rings. The van der Waals surface area contributed by atoms with Crippen molar-refractivity contribution < 1.29 is 12.6 Å². The van der Waals surface area contributed by atoms with Gasteiger partial charge in [0.2, 0.25) is 0 Å². The maximum absolute atomic E-state index is 10.9. The first-order chi connectivity index (χ1) is 6.18. The van der Waals surface area contributed by atoms with E-state index in [1.807, 2.05) is 0 Å². The van der Waals surface area contributed by atoms with Gasteiger partial charge in [-0.3, -0.25) is 9.08 Å². The second-order valence-electron chi connectivity index (χ2n) is 4.83. The third kappa shape index (κ3) is 3.55. The van der Waals surface area contributed by atoms with Gasteiger partial charge in [0.15, 0.2) is 0 Å². The molecule has 5 heteroatoms. The quantitative estimate of drug-likeness (QED) is 0.648. The molecule has 0 N–H and O–H groups in total. The highest BCUT2D eigenvalue weighted by molar-refractivity contribution is 7.86. The molecule has 0 unspecified atom stereocenters. The lowest BCUT2D eigenvalue weighted by atomic mass is 10.1. The third-order valence-electron chi connectivity index (χ3n) is 2.40.